The molecule has 0 fully saturated rings. The molecule has 0 saturated heterocycles. The van der Waals surface area contributed by atoms with Gasteiger partial charge in [-0.3, -0.25) is 4.79 Å². The minimum Gasteiger partial charge on any atom is -0.480 e. The average Bonchev–Trinajstić information content (AvgIpc) is 2.73. The first-order valence-corrected chi connectivity index (χ1v) is 7.29. The van der Waals surface area contributed by atoms with Crippen molar-refractivity contribution < 1.29 is 18.3 Å². The number of carbonyl (C=O) groups is 1. The zero-order chi connectivity index (χ0) is 14.8. The zero-order valence-electron chi connectivity index (χ0n) is 11.5. The first-order chi connectivity index (χ1) is 8.59. The smallest absolute Gasteiger partial charge is 0.318 e. The van der Waals surface area contributed by atoms with E-state index in [1.54, 1.807) is 25.3 Å². The van der Waals surface area contributed by atoms with Gasteiger partial charge in [-0.1, -0.05) is 0 Å². The predicted octanol–water partition coefficient (Wildman–Crippen LogP) is 0.777. The molecular weight excluding hydrogens is 270 g/mol. The Bertz CT molecular complexity index is 557. The Morgan fingerprint density at radius 2 is 2.05 bits per heavy atom. The fraction of sp³-hybridized carbons (Fsp3) is 0.636. The number of aliphatic carboxylic acids is 1. The maximum absolute atomic E-state index is 12.4. The maximum Gasteiger partial charge on any atom is 0.318 e. The van der Waals surface area contributed by atoms with Crippen LogP contribution in [0.2, 0.25) is 0 Å². The number of aromatic nitrogens is 2. The Balaban J connectivity index is 3.23. The second-order valence-electron chi connectivity index (χ2n) is 5.12. The molecule has 0 amide bonds. The van der Waals surface area contributed by atoms with Crippen LogP contribution in [0.25, 0.3) is 0 Å². The van der Waals surface area contributed by atoms with E-state index in [2.05, 4.69) is 4.98 Å². The van der Waals surface area contributed by atoms with Crippen LogP contribution in [0.15, 0.2) is 17.6 Å². The summed E-state index contributed by atoms with van der Waals surface area (Å²) in [5.74, 6) is -1.20. The third-order valence-corrected chi connectivity index (χ3v) is 4.55. The number of hydrogen-bond acceptors (Lipinski definition) is 4. The van der Waals surface area contributed by atoms with Crippen molar-refractivity contribution in [2.24, 2.45) is 0 Å². The monoisotopic (exact) mass is 289 g/mol. The number of sulfonamides is 1. The van der Waals surface area contributed by atoms with Gasteiger partial charge in [0, 0.05) is 18.3 Å². The summed E-state index contributed by atoms with van der Waals surface area (Å²) in [6.45, 7) is 6.79. The van der Waals surface area contributed by atoms with Gasteiger partial charge in [-0.05, 0) is 27.7 Å². The van der Waals surface area contributed by atoms with Gasteiger partial charge < -0.3 is 9.67 Å². The van der Waals surface area contributed by atoms with Crippen LogP contribution in [-0.2, 0) is 21.4 Å². The highest BCUT2D eigenvalue weighted by Gasteiger charge is 2.36. The molecule has 0 spiro atoms. The number of imidazole rings is 1. The van der Waals surface area contributed by atoms with Gasteiger partial charge in [0.1, 0.15) is 6.54 Å². The van der Waals surface area contributed by atoms with E-state index in [0.717, 1.165) is 4.31 Å². The molecule has 1 heterocycles. The van der Waals surface area contributed by atoms with Gasteiger partial charge >= 0.3 is 5.97 Å². The summed E-state index contributed by atoms with van der Waals surface area (Å²) >= 11 is 0. The highest BCUT2D eigenvalue weighted by Crippen LogP contribution is 2.23. The molecule has 1 aromatic rings. The minimum atomic E-state index is -3.92. The zero-order valence-corrected chi connectivity index (χ0v) is 12.3. The molecule has 0 aromatic carbocycles. The van der Waals surface area contributed by atoms with Gasteiger partial charge in [-0.15, -0.1) is 0 Å². The SMILES string of the molecule is CCn1cnc(S(=O)(=O)N(CC(=O)O)C(C)(C)C)c1. The molecule has 108 valence electrons. The van der Waals surface area contributed by atoms with Gasteiger partial charge in [0.05, 0.1) is 6.33 Å². The molecule has 0 unspecified atom stereocenters. The lowest BCUT2D eigenvalue weighted by Gasteiger charge is -2.32. The Hall–Kier alpha value is -1.41. The molecule has 1 aromatic heterocycles. The summed E-state index contributed by atoms with van der Waals surface area (Å²) in [5, 5.41) is 8.74. The van der Waals surface area contributed by atoms with Crippen molar-refractivity contribution in [1.29, 1.82) is 0 Å². The second-order valence-corrected chi connectivity index (χ2v) is 6.93. The Morgan fingerprint density at radius 3 is 2.42 bits per heavy atom. The summed E-state index contributed by atoms with van der Waals surface area (Å²) < 4.78 is 27.4. The number of nitrogens with zero attached hydrogens (tertiary/aromatic N) is 3. The number of rotatable bonds is 5. The van der Waals surface area contributed by atoms with Crippen molar-refractivity contribution in [3.8, 4) is 0 Å². The summed E-state index contributed by atoms with van der Waals surface area (Å²) in [5.41, 5.74) is -0.840. The molecule has 0 aliphatic heterocycles. The maximum atomic E-state index is 12.4. The normalized spacial score (nSPS) is 12.9. The molecule has 7 nitrogen and oxygen atoms in total. The van der Waals surface area contributed by atoms with E-state index in [-0.39, 0.29) is 5.03 Å². The van der Waals surface area contributed by atoms with Crippen LogP contribution in [0.3, 0.4) is 0 Å². The molecule has 0 saturated carbocycles. The third kappa shape index (κ3) is 3.54. The van der Waals surface area contributed by atoms with Crippen molar-refractivity contribution in [3.05, 3.63) is 12.5 Å². The summed E-state index contributed by atoms with van der Waals surface area (Å²) in [4.78, 5) is 14.7. The highest BCUT2D eigenvalue weighted by molar-refractivity contribution is 7.89. The molecule has 1 N–H and O–H groups in total. The molecule has 0 radical (unpaired) electrons. The number of carboxylic acid groups (broad SMARTS) is 1. The summed E-state index contributed by atoms with van der Waals surface area (Å²) in [6.07, 6.45) is 2.81. The van der Waals surface area contributed by atoms with Crippen LogP contribution in [0.5, 0.6) is 0 Å². The van der Waals surface area contributed by atoms with Crippen LogP contribution < -0.4 is 0 Å². The van der Waals surface area contributed by atoms with Crippen LogP contribution >= 0.6 is 0 Å². The van der Waals surface area contributed by atoms with Crippen molar-refractivity contribution in [3.63, 3.8) is 0 Å². The Morgan fingerprint density at radius 1 is 1.47 bits per heavy atom. The second kappa shape index (κ2) is 5.30. The lowest BCUT2D eigenvalue weighted by atomic mass is 10.1. The van der Waals surface area contributed by atoms with Gasteiger partial charge in [-0.2, -0.15) is 4.31 Å². The lowest BCUT2D eigenvalue weighted by Crippen LogP contribution is -2.48. The quantitative estimate of drug-likeness (QED) is 0.864. The predicted molar refractivity (Wildman–Crippen MR) is 69.2 cm³/mol. The van der Waals surface area contributed by atoms with Gasteiger partial charge in [-0.25, -0.2) is 13.4 Å². The number of carboxylic acids is 1. The van der Waals surface area contributed by atoms with Crippen molar-refractivity contribution >= 4 is 16.0 Å². The third-order valence-electron chi connectivity index (χ3n) is 2.56. The van der Waals surface area contributed by atoms with E-state index in [1.807, 2.05) is 6.92 Å². The van der Waals surface area contributed by atoms with Gasteiger partial charge in [0.15, 0.2) is 5.03 Å². The molecule has 0 aliphatic rings. The minimum absolute atomic E-state index is 0.134. The molecular formula is C11H19N3O4S. The van der Waals surface area contributed by atoms with Crippen LogP contribution in [0, 0.1) is 0 Å². The van der Waals surface area contributed by atoms with Gasteiger partial charge in [0.25, 0.3) is 10.0 Å². The van der Waals surface area contributed by atoms with Crippen LogP contribution in [-0.4, -0.2) is 45.4 Å². The standard InChI is InChI=1S/C11H19N3O4S/c1-5-13-6-9(12-8-13)19(17,18)14(7-10(15)16)11(2,3)4/h6,8H,5,7H2,1-4H3,(H,15,16). The van der Waals surface area contributed by atoms with Crippen molar-refractivity contribution in [2.75, 3.05) is 6.54 Å². The van der Waals surface area contributed by atoms with Crippen LogP contribution in [0.1, 0.15) is 27.7 Å². The molecule has 0 atom stereocenters. The van der Waals surface area contributed by atoms with Gasteiger partial charge in [0.2, 0.25) is 0 Å². The van der Waals surface area contributed by atoms with E-state index in [4.69, 9.17) is 5.11 Å². The number of hydrogen-bond donors (Lipinski definition) is 1. The lowest BCUT2D eigenvalue weighted by molar-refractivity contribution is -0.138. The van der Waals surface area contributed by atoms with Crippen LogP contribution in [0.4, 0.5) is 0 Å². The number of aryl methyl sites for hydroxylation is 1. The average molecular weight is 289 g/mol. The first-order valence-electron chi connectivity index (χ1n) is 5.85. The van der Waals surface area contributed by atoms with Crippen molar-refractivity contribution in [1.82, 2.24) is 13.9 Å². The molecule has 1 rings (SSSR count). The molecule has 8 heteroatoms. The fourth-order valence-corrected chi connectivity index (χ4v) is 3.24. The Kier molecular flexibility index (Phi) is 4.36. The largest absolute Gasteiger partial charge is 0.480 e. The van der Waals surface area contributed by atoms with E-state index in [9.17, 15) is 13.2 Å². The van der Waals surface area contributed by atoms with E-state index >= 15 is 0 Å². The van der Waals surface area contributed by atoms with E-state index in [1.165, 1.54) is 12.5 Å². The molecule has 19 heavy (non-hydrogen) atoms. The van der Waals surface area contributed by atoms with Crippen molar-refractivity contribution in [2.45, 2.75) is 44.8 Å². The molecule has 0 bridgehead atoms. The van der Waals surface area contributed by atoms with E-state index < -0.39 is 28.1 Å². The fourth-order valence-electron chi connectivity index (χ4n) is 1.56. The summed E-state index contributed by atoms with van der Waals surface area (Å²) in [6, 6.07) is 0. The van der Waals surface area contributed by atoms with E-state index in [0.29, 0.717) is 6.54 Å². The topological polar surface area (TPSA) is 92.5 Å². The highest BCUT2D eigenvalue weighted by atomic mass is 32.2. The first kappa shape index (κ1) is 15.6. The molecule has 0 aliphatic carbocycles. The Labute approximate surface area is 112 Å². The summed E-state index contributed by atoms with van der Waals surface area (Å²) in [7, 11) is -3.92.